The van der Waals surface area contributed by atoms with Crippen molar-refractivity contribution in [1.82, 2.24) is 10.2 Å². The molecule has 0 aliphatic carbocycles. The Hall–Kier alpha value is -3.56. The fourth-order valence-electron chi connectivity index (χ4n) is 4.25. The Morgan fingerprint density at radius 1 is 1.00 bits per heavy atom. The first-order chi connectivity index (χ1) is 19.2. The van der Waals surface area contributed by atoms with Crippen molar-refractivity contribution in [1.29, 1.82) is 0 Å². The summed E-state index contributed by atoms with van der Waals surface area (Å²) in [6.45, 7) is 10.8. The fourth-order valence-corrected chi connectivity index (χ4v) is 5.80. The van der Waals surface area contributed by atoms with Gasteiger partial charge in [-0.2, -0.15) is 0 Å². The van der Waals surface area contributed by atoms with E-state index in [1.807, 2.05) is 52.0 Å². The second kappa shape index (κ2) is 13.4. The second-order valence-corrected chi connectivity index (χ2v) is 13.1. The third-order valence-electron chi connectivity index (χ3n) is 6.22. The Morgan fingerprint density at radius 3 is 2.27 bits per heavy atom. The molecule has 0 bridgehead atoms. The number of nitrogens with zero attached hydrogens (tertiary/aromatic N) is 2. The van der Waals surface area contributed by atoms with Crippen molar-refractivity contribution in [3.8, 4) is 5.75 Å². The van der Waals surface area contributed by atoms with Crippen molar-refractivity contribution in [3.05, 3.63) is 88.9 Å². The van der Waals surface area contributed by atoms with Gasteiger partial charge >= 0.3 is 0 Å². The maximum atomic E-state index is 14.1. The van der Waals surface area contributed by atoms with Crippen molar-refractivity contribution < 1.29 is 22.7 Å². The van der Waals surface area contributed by atoms with Crippen molar-refractivity contribution in [2.75, 3.05) is 17.5 Å². The van der Waals surface area contributed by atoms with Gasteiger partial charge in [-0.1, -0.05) is 53.6 Å². The van der Waals surface area contributed by atoms with Crippen LogP contribution in [-0.4, -0.2) is 49.9 Å². The molecule has 0 spiro atoms. The number of ether oxygens (including phenoxy) is 1. The molecule has 220 valence electrons. The van der Waals surface area contributed by atoms with Crippen LogP contribution in [0.25, 0.3) is 0 Å². The van der Waals surface area contributed by atoms with Gasteiger partial charge in [-0.3, -0.25) is 13.9 Å². The Bertz CT molecular complexity index is 1470. The molecule has 0 saturated heterocycles. The van der Waals surface area contributed by atoms with Crippen molar-refractivity contribution in [2.45, 2.75) is 64.6 Å². The average Bonchev–Trinajstić information content (AvgIpc) is 2.90. The molecule has 1 N–H and O–H groups in total. The zero-order valence-electron chi connectivity index (χ0n) is 24.3. The number of carbonyl (C=O) groups excluding carboxylic acids is 2. The van der Waals surface area contributed by atoms with Gasteiger partial charge in [-0.05, 0) is 83.5 Å². The number of benzene rings is 3. The standard InChI is InChI=1S/C31H38ClN3O5S/c1-7-40-28-14-9-8-13-27(28)35(41(38,39)26-17-15-25(32)16-18-26)21-29(36)34(20-24-12-10-11-22(2)19-24)23(3)30(37)33-31(4,5)6/h8-19,23H,7,20-21H2,1-6H3,(H,33,37)/t23-/m0/s1. The van der Waals surface area contributed by atoms with E-state index in [0.29, 0.717) is 17.4 Å². The number of anilines is 1. The summed E-state index contributed by atoms with van der Waals surface area (Å²) in [5.74, 6) is -0.587. The lowest BCUT2D eigenvalue weighted by atomic mass is 10.1. The number of carbonyl (C=O) groups is 2. The smallest absolute Gasteiger partial charge is 0.264 e. The number of hydrogen-bond acceptors (Lipinski definition) is 5. The zero-order valence-corrected chi connectivity index (χ0v) is 25.9. The van der Waals surface area contributed by atoms with Crippen molar-refractivity contribution >= 4 is 39.1 Å². The number of amides is 2. The van der Waals surface area contributed by atoms with E-state index in [2.05, 4.69) is 5.32 Å². The average molecular weight is 600 g/mol. The van der Waals surface area contributed by atoms with Gasteiger partial charge in [0, 0.05) is 17.1 Å². The molecule has 3 aromatic rings. The summed E-state index contributed by atoms with van der Waals surface area (Å²) in [5, 5.41) is 3.31. The first-order valence-corrected chi connectivity index (χ1v) is 15.2. The molecule has 10 heteroatoms. The summed E-state index contributed by atoms with van der Waals surface area (Å²) in [7, 11) is -4.25. The maximum Gasteiger partial charge on any atom is 0.264 e. The highest BCUT2D eigenvalue weighted by molar-refractivity contribution is 7.92. The molecule has 0 radical (unpaired) electrons. The van der Waals surface area contributed by atoms with E-state index < -0.39 is 34.1 Å². The Kier molecular flexibility index (Phi) is 10.4. The van der Waals surface area contributed by atoms with Crippen LogP contribution in [0.5, 0.6) is 5.75 Å². The molecule has 2 amide bonds. The summed E-state index contributed by atoms with van der Waals surface area (Å²) in [6, 6.07) is 19.1. The zero-order chi connectivity index (χ0) is 30.4. The fraction of sp³-hybridized carbons (Fsp3) is 0.355. The number of sulfonamides is 1. The second-order valence-electron chi connectivity index (χ2n) is 10.8. The molecule has 41 heavy (non-hydrogen) atoms. The predicted octanol–water partition coefficient (Wildman–Crippen LogP) is 5.57. The van der Waals surface area contributed by atoms with Gasteiger partial charge in [0.05, 0.1) is 17.2 Å². The topological polar surface area (TPSA) is 96.0 Å². The Morgan fingerprint density at radius 2 is 1.66 bits per heavy atom. The summed E-state index contributed by atoms with van der Waals surface area (Å²) in [5.41, 5.74) is 1.50. The van der Waals surface area contributed by atoms with Gasteiger partial charge in [0.25, 0.3) is 10.0 Å². The van der Waals surface area contributed by atoms with Gasteiger partial charge < -0.3 is 15.0 Å². The molecule has 3 rings (SSSR count). The van der Waals surface area contributed by atoms with Crippen molar-refractivity contribution in [2.24, 2.45) is 0 Å². The van der Waals surface area contributed by atoms with E-state index in [1.165, 1.54) is 29.2 Å². The number of nitrogens with one attached hydrogen (secondary N) is 1. The summed E-state index contributed by atoms with van der Waals surface area (Å²) < 4.78 is 34.8. The lowest BCUT2D eigenvalue weighted by molar-refractivity contribution is -0.140. The van der Waals surface area contributed by atoms with Gasteiger partial charge in [0.15, 0.2) is 0 Å². The van der Waals surface area contributed by atoms with E-state index in [1.54, 1.807) is 38.1 Å². The molecule has 0 saturated carbocycles. The number of rotatable bonds is 11. The van der Waals surface area contributed by atoms with E-state index in [9.17, 15) is 18.0 Å². The molecular formula is C31H38ClN3O5S. The highest BCUT2D eigenvalue weighted by atomic mass is 35.5. The number of para-hydroxylation sites is 2. The lowest BCUT2D eigenvalue weighted by Crippen LogP contribution is -2.54. The Labute approximate surface area is 248 Å². The molecule has 3 aromatic carbocycles. The molecule has 0 unspecified atom stereocenters. The van der Waals surface area contributed by atoms with Crippen LogP contribution in [0.4, 0.5) is 5.69 Å². The van der Waals surface area contributed by atoms with Crippen LogP contribution in [0.1, 0.15) is 45.7 Å². The molecular weight excluding hydrogens is 562 g/mol. The minimum atomic E-state index is -4.25. The van der Waals surface area contributed by atoms with Crippen LogP contribution in [0, 0.1) is 6.92 Å². The molecule has 0 heterocycles. The summed E-state index contributed by atoms with van der Waals surface area (Å²) >= 11 is 6.02. The normalized spacial score (nSPS) is 12.4. The van der Waals surface area contributed by atoms with Crippen LogP contribution in [-0.2, 0) is 26.2 Å². The predicted molar refractivity (Wildman–Crippen MR) is 163 cm³/mol. The van der Waals surface area contributed by atoms with Gasteiger partial charge in [-0.25, -0.2) is 8.42 Å². The Balaban J connectivity index is 2.09. The van der Waals surface area contributed by atoms with E-state index in [4.69, 9.17) is 16.3 Å². The van der Waals surface area contributed by atoms with Gasteiger partial charge in [0.1, 0.15) is 18.3 Å². The molecule has 0 aliphatic rings. The minimum absolute atomic E-state index is 0.0373. The molecule has 8 nitrogen and oxygen atoms in total. The number of aryl methyl sites for hydroxylation is 1. The first kappa shape index (κ1) is 32.0. The monoisotopic (exact) mass is 599 g/mol. The van der Waals surface area contributed by atoms with Crippen molar-refractivity contribution in [3.63, 3.8) is 0 Å². The molecule has 0 aliphatic heterocycles. The third-order valence-corrected chi connectivity index (χ3v) is 8.24. The number of hydrogen-bond donors (Lipinski definition) is 1. The van der Waals surface area contributed by atoms with Crippen LogP contribution in [0.2, 0.25) is 5.02 Å². The van der Waals surface area contributed by atoms with E-state index in [-0.39, 0.29) is 23.0 Å². The molecule has 0 fully saturated rings. The minimum Gasteiger partial charge on any atom is -0.492 e. The van der Waals surface area contributed by atoms with Crippen LogP contribution in [0.15, 0.2) is 77.7 Å². The summed E-state index contributed by atoms with van der Waals surface area (Å²) in [6.07, 6.45) is 0. The number of halogens is 1. The highest BCUT2D eigenvalue weighted by Crippen LogP contribution is 2.33. The third kappa shape index (κ3) is 8.47. The van der Waals surface area contributed by atoms with Crippen LogP contribution in [0.3, 0.4) is 0 Å². The largest absolute Gasteiger partial charge is 0.492 e. The molecule has 0 aromatic heterocycles. The van der Waals surface area contributed by atoms with E-state index in [0.717, 1.165) is 15.4 Å². The van der Waals surface area contributed by atoms with Crippen LogP contribution < -0.4 is 14.4 Å². The first-order valence-electron chi connectivity index (χ1n) is 13.4. The molecule has 1 atom stereocenters. The van der Waals surface area contributed by atoms with Gasteiger partial charge in [-0.15, -0.1) is 0 Å². The summed E-state index contributed by atoms with van der Waals surface area (Å²) in [4.78, 5) is 28.7. The quantitative estimate of drug-likeness (QED) is 0.311. The van der Waals surface area contributed by atoms with E-state index >= 15 is 0 Å². The van der Waals surface area contributed by atoms with Crippen LogP contribution >= 0.6 is 11.6 Å². The SMILES string of the molecule is CCOc1ccccc1N(CC(=O)N(Cc1cccc(C)c1)[C@@H](C)C(=O)NC(C)(C)C)S(=O)(=O)c1ccc(Cl)cc1. The lowest BCUT2D eigenvalue weighted by Gasteiger charge is -2.33. The van der Waals surface area contributed by atoms with Gasteiger partial charge in [0.2, 0.25) is 11.8 Å². The highest BCUT2D eigenvalue weighted by Gasteiger charge is 2.34. The maximum absolute atomic E-state index is 14.1.